The van der Waals surface area contributed by atoms with E-state index in [1.54, 1.807) is 0 Å². The molecular weight excluding hydrogens is 257 g/mol. The maximum absolute atomic E-state index is 12.9. The second-order valence-corrected chi connectivity index (χ2v) is 3.56. The number of nitrogens with zero attached hydrogens (tertiary/aromatic N) is 1. The van der Waals surface area contributed by atoms with Crippen LogP contribution in [0.2, 0.25) is 0 Å². The number of hydrogen-bond acceptors (Lipinski definition) is 1. The molecular formula is C11H10F5NO. The van der Waals surface area contributed by atoms with Crippen LogP contribution in [0.1, 0.15) is 17.3 Å². The highest BCUT2D eigenvalue weighted by Crippen LogP contribution is 2.18. The van der Waals surface area contributed by atoms with Crippen molar-refractivity contribution in [2.45, 2.75) is 13.1 Å². The first-order valence-corrected chi connectivity index (χ1v) is 5.05. The molecule has 0 atom stereocenters. The van der Waals surface area contributed by atoms with Crippen molar-refractivity contribution in [3.63, 3.8) is 0 Å². The first kappa shape index (κ1) is 14.4. The summed E-state index contributed by atoms with van der Waals surface area (Å²) in [5, 5.41) is 0. The van der Waals surface area contributed by atoms with Gasteiger partial charge >= 0.3 is 6.18 Å². The molecule has 0 heterocycles. The van der Waals surface area contributed by atoms with Gasteiger partial charge in [0.2, 0.25) is 0 Å². The highest BCUT2D eigenvalue weighted by molar-refractivity contribution is 5.94. The van der Waals surface area contributed by atoms with Crippen LogP contribution in [0, 0.1) is 11.6 Å². The summed E-state index contributed by atoms with van der Waals surface area (Å²) in [4.78, 5) is 12.2. The van der Waals surface area contributed by atoms with Gasteiger partial charge < -0.3 is 4.90 Å². The second-order valence-electron chi connectivity index (χ2n) is 3.56. The van der Waals surface area contributed by atoms with E-state index in [0.717, 1.165) is 6.07 Å². The Kier molecular flexibility index (Phi) is 4.26. The largest absolute Gasteiger partial charge is 0.406 e. The van der Waals surface area contributed by atoms with Gasteiger partial charge in [-0.1, -0.05) is 0 Å². The molecule has 1 rings (SSSR count). The predicted octanol–water partition coefficient (Wildman–Crippen LogP) is 2.99. The lowest BCUT2D eigenvalue weighted by Gasteiger charge is -2.22. The number of hydrogen-bond donors (Lipinski definition) is 0. The average molecular weight is 267 g/mol. The van der Waals surface area contributed by atoms with Crippen molar-refractivity contribution in [2.24, 2.45) is 0 Å². The fourth-order valence-electron chi connectivity index (χ4n) is 1.36. The third-order valence-corrected chi connectivity index (χ3v) is 2.21. The molecule has 0 bridgehead atoms. The Hall–Kier alpha value is -1.66. The van der Waals surface area contributed by atoms with Gasteiger partial charge in [0, 0.05) is 12.1 Å². The first-order chi connectivity index (χ1) is 8.24. The molecule has 1 amide bonds. The SMILES string of the molecule is CCN(CC(F)(F)F)C(=O)c1ccc(F)c(F)c1. The topological polar surface area (TPSA) is 20.3 Å². The van der Waals surface area contributed by atoms with Gasteiger partial charge in [0.15, 0.2) is 11.6 Å². The molecule has 2 nitrogen and oxygen atoms in total. The molecule has 0 unspecified atom stereocenters. The lowest BCUT2D eigenvalue weighted by molar-refractivity contribution is -0.140. The smallest absolute Gasteiger partial charge is 0.330 e. The number of alkyl halides is 3. The number of amides is 1. The first-order valence-electron chi connectivity index (χ1n) is 5.05. The highest BCUT2D eigenvalue weighted by atomic mass is 19.4. The summed E-state index contributed by atoms with van der Waals surface area (Å²) in [6, 6.07) is 2.22. The van der Waals surface area contributed by atoms with Crippen LogP contribution < -0.4 is 0 Å². The van der Waals surface area contributed by atoms with E-state index in [-0.39, 0.29) is 12.1 Å². The quantitative estimate of drug-likeness (QED) is 0.771. The Bertz CT molecular complexity index is 444. The van der Waals surface area contributed by atoms with E-state index in [1.807, 2.05) is 0 Å². The van der Waals surface area contributed by atoms with E-state index < -0.39 is 30.3 Å². The van der Waals surface area contributed by atoms with Crippen LogP contribution in [0.25, 0.3) is 0 Å². The third kappa shape index (κ3) is 3.68. The standard InChI is InChI=1S/C11H10F5NO/c1-2-17(6-11(14,15)16)10(18)7-3-4-8(12)9(13)5-7/h3-5H,2,6H2,1H3. The molecule has 0 N–H and O–H groups in total. The number of rotatable bonds is 3. The molecule has 0 radical (unpaired) electrons. The lowest BCUT2D eigenvalue weighted by atomic mass is 10.2. The van der Waals surface area contributed by atoms with Gasteiger partial charge in [0.05, 0.1) is 0 Å². The van der Waals surface area contributed by atoms with Crippen molar-refractivity contribution in [3.05, 3.63) is 35.4 Å². The van der Waals surface area contributed by atoms with Crippen LogP contribution in [-0.4, -0.2) is 30.1 Å². The molecule has 0 aromatic heterocycles. The fourth-order valence-corrected chi connectivity index (χ4v) is 1.36. The van der Waals surface area contributed by atoms with Crippen molar-refractivity contribution in [2.75, 3.05) is 13.1 Å². The van der Waals surface area contributed by atoms with Gasteiger partial charge in [-0.05, 0) is 25.1 Å². The minimum atomic E-state index is -4.54. The van der Waals surface area contributed by atoms with E-state index >= 15 is 0 Å². The van der Waals surface area contributed by atoms with E-state index in [9.17, 15) is 26.7 Å². The minimum absolute atomic E-state index is 0.183. The summed E-state index contributed by atoms with van der Waals surface area (Å²) in [6.07, 6.45) is -4.54. The Morgan fingerprint density at radius 3 is 2.28 bits per heavy atom. The Morgan fingerprint density at radius 2 is 1.83 bits per heavy atom. The van der Waals surface area contributed by atoms with Crippen molar-refractivity contribution in [3.8, 4) is 0 Å². The normalized spacial score (nSPS) is 11.4. The van der Waals surface area contributed by atoms with Crippen molar-refractivity contribution >= 4 is 5.91 Å². The van der Waals surface area contributed by atoms with Gasteiger partial charge in [-0.2, -0.15) is 13.2 Å². The van der Waals surface area contributed by atoms with Crippen LogP contribution in [0.4, 0.5) is 22.0 Å². The second kappa shape index (κ2) is 5.32. The van der Waals surface area contributed by atoms with Gasteiger partial charge in [-0.15, -0.1) is 0 Å². The third-order valence-electron chi connectivity index (χ3n) is 2.21. The number of benzene rings is 1. The maximum Gasteiger partial charge on any atom is 0.406 e. The summed E-state index contributed by atoms with van der Waals surface area (Å²) < 4.78 is 62.1. The van der Waals surface area contributed by atoms with Crippen molar-refractivity contribution in [1.29, 1.82) is 0 Å². The van der Waals surface area contributed by atoms with E-state index in [4.69, 9.17) is 0 Å². The van der Waals surface area contributed by atoms with Crippen LogP contribution in [0.15, 0.2) is 18.2 Å². The zero-order chi connectivity index (χ0) is 13.9. The molecule has 0 aliphatic heterocycles. The number of carbonyl (C=O) groups excluding carboxylic acids is 1. The van der Waals surface area contributed by atoms with Crippen molar-refractivity contribution < 1.29 is 26.7 Å². The number of halogens is 5. The average Bonchev–Trinajstić information content (AvgIpc) is 2.27. The molecule has 100 valence electrons. The molecule has 1 aromatic carbocycles. The monoisotopic (exact) mass is 267 g/mol. The predicted molar refractivity (Wildman–Crippen MR) is 54.0 cm³/mol. The Balaban J connectivity index is 2.93. The molecule has 0 spiro atoms. The van der Waals surface area contributed by atoms with E-state index in [0.29, 0.717) is 17.0 Å². The van der Waals surface area contributed by atoms with Crippen LogP contribution in [0.3, 0.4) is 0 Å². The van der Waals surface area contributed by atoms with Crippen LogP contribution >= 0.6 is 0 Å². The number of carbonyl (C=O) groups is 1. The summed E-state index contributed by atoms with van der Waals surface area (Å²) >= 11 is 0. The minimum Gasteiger partial charge on any atom is -0.330 e. The lowest BCUT2D eigenvalue weighted by Crippen LogP contribution is -2.38. The van der Waals surface area contributed by atoms with Gasteiger partial charge in [0.25, 0.3) is 5.91 Å². The summed E-state index contributed by atoms with van der Waals surface area (Å²) in [5.74, 6) is -3.43. The molecule has 0 saturated carbocycles. The molecule has 0 saturated heterocycles. The summed E-state index contributed by atoms with van der Waals surface area (Å²) in [5.41, 5.74) is -0.319. The van der Waals surface area contributed by atoms with Crippen molar-refractivity contribution in [1.82, 2.24) is 4.90 Å². The van der Waals surface area contributed by atoms with E-state index in [2.05, 4.69) is 0 Å². The molecule has 7 heteroatoms. The summed E-state index contributed by atoms with van der Waals surface area (Å²) in [7, 11) is 0. The fraction of sp³-hybridized carbons (Fsp3) is 0.364. The molecule has 0 fully saturated rings. The molecule has 1 aromatic rings. The van der Waals surface area contributed by atoms with Crippen LogP contribution in [0.5, 0.6) is 0 Å². The maximum atomic E-state index is 12.9. The van der Waals surface area contributed by atoms with Crippen LogP contribution in [-0.2, 0) is 0 Å². The van der Waals surface area contributed by atoms with Gasteiger partial charge in [0.1, 0.15) is 6.54 Å². The Morgan fingerprint density at radius 1 is 1.22 bits per heavy atom. The molecule has 0 aliphatic rings. The van der Waals surface area contributed by atoms with E-state index in [1.165, 1.54) is 6.92 Å². The van der Waals surface area contributed by atoms with Gasteiger partial charge in [-0.3, -0.25) is 4.79 Å². The highest BCUT2D eigenvalue weighted by Gasteiger charge is 2.32. The Labute approximate surface area is 100 Å². The van der Waals surface area contributed by atoms with Gasteiger partial charge in [-0.25, -0.2) is 8.78 Å². The zero-order valence-electron chi connectivity index (χ0n) is 9.39. The molecule has 0 aliphatic carbocycles. The zero-order valence-corrected chi connectivity index (χ0v) is 9.39. The summed E-state index contributed by atoms with van der Waals surface area (Å²) in [6.45, 7) is -0.248. The molecule has 18 heavy (non-hydrogen) atoms.